The van der Waals surface area contributed by atoms with Gasteiger partial charge in [0.1, 0.15) is 5.01 Å². The van der Waals surface area contributed by atoms with Crippen molar-refractivity contribution in [3.05, 3.63) is 64.1 Å². The van der Waals surface area contributed by atoms with Gasteiger partial charge in [-0.25, -0.2) is 8.42 Å². The van der Waals surface area contributed by atoms with Gasteiger partial charge in [0, 0.05) is 5.56 Å². The Balaban J connectivity index is 1.75. The molecule has 0 aliphatic heterocycles. The molecule has 0 saturated carbocycles. The third kappa shape index (κ3) is 4.24. The molecule has 1 aromatic heterocycles. The Morgan fingerprint density at radius 3 is 2.46 bits per heavy atom. The van der Waals surface area contributed by atoms with E-state index in [0.29, 0.717) is 20.6 Å². The first kappa shape index (κ1) is 17.2. The molecule has 3 aromatic rings. The van der Waals surface area contributed by atoms with Crippen LogP contribution in [0.2, 0.25) is 10.0 Å². The Hall–Kier alpha value is -1.67. The zero-order valence-electron chi connectivity index (χ0n) is 12.1. The van der Waals surface area contributed by atoms with Crippen LogP contribution in [-0.4, -0.2) is 18.6 Å². The molecule has 0 atom stereocenters. The van der Waals surface area contributed by atoms with Gasteiger partial charge in [-0.2, -0.15) is 0 Å². The smallest absolute Gasteiger partial charge is 0.238 e. The molecule has 0 unspecified atom stereocenters. The molecule has 0 saturated heterocycles. The van der Waals surface area contributed by atoms with Crippen LogP contribution in [0, 0.1) is 0 Å². The number of rotatable bonds is 5. The number of sulfonamides is 1. The average Bonchev–Trinajstić information content (AvgIpc) is 2.99. The van der Waals surface area contributed by atoms with Crippen LogP contribution < -0.4 is 4.72 Å². The summed E-state index contributed by atoms with van der Waals surface area (Å²) in [6, 6.07) is 14.1. The quantitative estimate of drug-likeness (QED) is 0.687. The van der Waals surface area contributed by atoms with Crippen LogP contribution in [0.4, 0.5) is 5.13 Å². The number of benzene rings is 2. The summed E-state index contributed by atoms with van der Waals surface area (Å²) in [6.45, 7) is 0. The van der Waals surface area contributed by atoms with E-state index in [-0.39, 0.29) is 10.9 Å². The predicted octanol–water partition coefficient (Wildman–Crippen LogP) is 4.45. The summed E-state index contributed by atoms with van der Waals surface area (Å²) in [5.74, 6) is -0.232. The number of halogens is 2. The Morgan fingerprint density at radius 1 is 1.00 bits per heavy atom. The summed E-state index contributed by atoms with van der Waals surface area (Å²) in [5.41, 5.74) is 1.41. The van der Waals surface area contributed by atoms with E-state index in [0.717, 1.165) is 5.56 Å². The van der Waals surface area contributed by atoms with Crippen molar-refractivity contribution in [2.24, 2.45) is 0 Å². The van der Waals surface area contributed by atoms with Gasteiger partial charge in [-0.05, 0) is 17.7 Å². The van der Waals surface area contributed by atoms with Crippen molar-refractivity contribution in [1.29, 1.82) is 0 Å². The summed E-state index contributed by atoms with van der Waals surface area (Å²) < 4.78 is 27.0. The summed E-state index contributed by atoms with van der Waals surface area (Å²) >= 11 is 12.9. The van der Waals surface area contributed by atoms with Crippen molar-refractivity contribution in [3.63, 3.8) is 0 Å². The lowest BCUT2D eigenvalue weighted by atomic mass is 10.2. The molecule has 2 aromatic carbocycles. The predicted molar refractivity (Wildman–Crippen MR) is 98.1 cm³/mol. The van der Waals surface area contributed by atoms with E-state index in [1.165, 1.54) is 17.4 Å². The average molecular weight is 400 g/mol. The molecular formula is C15H11Cl2N3O2S2. The van der Waals surface area contributed by atoms with E-state index in [1.54, 1.807) is 12.1 Å². The van der Waals surface area contributed by atoms with Gasteiger partial charge in [0.2, 0.25) is 15.2 Å². The van der Waals surface area contributed by atoms with E-state index in [1.807, 2.05) is 30.3 Å². The van der Waals surface area contributed by atoms with Gasteiger partial charge in [-0.15, -0.1) is 10.2 Å². The van der Waals surface area contributed by atoms with Crippen molar-refractivity contribution >= 4 is 49.7 Å². The number of anilines is 1. The van der Waals surface area contributed by atoms with E-state index < -0.39 is 10.0 Å². The highest BCUT2D eigenvalue weighted by Crippen LogP contribution is 2.27. The Kier molecular flexibility index (Phi) is 5.05. The lowest BCUT2D eigenvalue weighted by Crippen LogP contribution is -2.14. The normalized spacial score (nSPS) is 11.4. The molecule has 0 bridgehead atoms. The van der Waals surface area contributed by atoms with Gasteiger partial charge >= 0.3 is 0 Å². The number of hydrogen-bond donors (Lipinski definition) is 1. The van der Waals surface area contributed by atoms with E-state index in [4.69, 9.17) is 23.2 Å². The molecule has 3 rings (SSSR count). The molecule has 0 fully saturated rings. The minimum Gasteiger partial charge on any atom is -0.257 e. The number of nitrogens with one attached hydrogen (secondary N) is 1. The Morgan fingerprint density at radius 2 is 1.75 bits per heavy atom. The van der Waals surface area contributed by atoms with Crippen molar-refractivity contribution in [3.8, 4) is 10.6 Å². The highest BCUT2D eigenvalue weighted by atomic mass is 35.5. The second-order valence-electron chi connectivity index (χ2n) is 4.89. The maximum Gasteiger partial charge on any atom is 0.238 e. The van der Waals surface area contributed by atoms with Crippen molar-refractivity contribution < 1.29 is 8.42 Å². The summed E-state index contributed by atoms with van der Waals surface area (Å²) in [6.07, 6.45) is 0. The highest BCUT2D eigenvalue weighted by molar-refractivity contribution is 7.92. The van der Waals surface area contributed by atoms with Crippen molar-refractivity contribution in [2.75, 3.05) is 4.72 Å². The third-order valence-electron chi connectivity index (χ3n) is 3.03. The molecule has 0 amide bonds. The van der Waals surface area contributed by atoms with E-state index in [2.05, 4.69) is 14.9 Å². The fourth-order valence-corrected chi connectivity index (χ4v) is 4.45. The monoisotopic (exact) mass is 399 g/mol. The van der Waals surface area contributed by atoms with Crippen molar-refractivity contribution in [2.45, 2.75) is 5.75 Å². The highest BCUT2D eigenvalue weighted by Gasteiger charge is 2.16. The Bertz CT molecular complexity index is 960. The first-order valence-corrected chi connectivity index (χ1v) is 9.99. The molecule has 9 heteroatoms. The van der Waals surface area contributed by atoms with Gasteiger partial charge in [0.05, 0.1) is 15.8 Å². The van der Waals surface area contributed by atoms with Crippen LogP contribution in [0.3, 0.4) is 0 Å². The molecule has 5 nitrogen and oxygen atoms in total. The van der Waals surface area contributed by atoms with Crippen molar-refractivity contribution in [1.82, 2.24) is 10.2 Å². The molecular weight excluding hydrogens is 389 g/mol. The third-order valence-corrected chi connectivity index (χ3v) is 6.00. The summed E-state index contributed by atoms with van der Waals surface area (Å²) in [7, 11) is -3.63. The fraction of sp³-hybridized carbons (Fsp3) is 0.0667. The molecule has 0 aliphatic carbocycles. The van der Waals surface area contributed by atoms with Gasteiger partial charge in [0.25, 0.3) is 0 Å². The van der Waals surface area contributed by atoms with Gasteiger partial charge < -0.3 is 0 Å². The van der Waals surface area contributed by atoms with Gasteiger partial charge in [-0.1, -0.05) is 70.9 Å². The standard InChI is InChI=1S/C15H11Cl2N3O2S2/c16-12-7-6-10(8-13(12)17)9-24(21,22)20-15-19-18-14(23-15)11-4-2-1-3-5-11/h1-8H,9H2,(H,19,20). The molecule has 0 aliphatic rings. The molecule has 24 heavy (non-hydrogen) atoms. The van der Waals surface area contributed by atoms with Gasteiger partial charge in [0.15, 0.2) is 0 Å². The fourth-order valence-electron chi connectivity index (χ4n) is 1.98. The molecule has 1 heterocycles. The number of aromatic nitrogens is 2. The zero-order chi connectivity index (χ0) is 17.2. The van der Waals surface area contributed by atoms with E-state index >= 15 is 0 Å². The first-order valence-electron chi connectivity index (χ1n) is 6.76. The second-order valence-corrected chi connectivity index (χ2v) is 8.40. The van der Waals surface area contributed by atoms with Crippen LogP contribution in [0.1, 0.15) is 5.56 Å². The Labute approximate surface area is 153 Å². The molecule has 0 radical (unpaired) electrons. The minimum absolute atomic E-state index is 0.217. The number of hydrogen-bond acceptors (Lipinski definition) is 5. The van der Waals surface area contributed by atoms with Crippen LogP contribution >= 0.6 is 34.5 Å². The van der Waals surface area contributed by atoms with Crippen LogP contribution in [0.25, 0.3) is 10.6 Å². The van der Waals surface area contributed by atoms with Crippen LogP contribution in [0.5, 0.6) is 0 Å². The minimum atomic E-state index is -3.63. The summed E-state index contributed by atoms with van der Waals surface area (Å²) in [4.78, 5) is 0. The molecule has 1 N–H and O–H groups in total. The maximum atomic E-state index is 12.3. The van der Waals surface area contributed by atoms with Crippen LogP contribution in [0.15, 0.2) is 48.5 Å². The molecule has 124 valence electrons. The SMILES string of the molecule is O=S(=O)(Cc1ccc(Cl)c(Cl)c1)Nc1nnc(-c2ccccc2)s1. The van der Waals surface area contributed by atoms with Gasteiger partial charge in [-0.3, -0.25) is 4.72 Å². The first-order chi connectivity index (χ1) is 11.4. The van der Waals surface area contributed by atoms with E-state index in [9.17, 15) is 8.42 Å². The lowest BCUT2D eigenvalue weighted by Gasteiger charge is -2.05. The van der Waals surface area contributed by atoms with Crippen LogP contribution in [-0.2, 0) is 15.8 Å². The lowest BCUT2D eigenvalue weighted by molar-refractivity contribution is 0.600. The number of nitrogens with zero attached hydrogens (tertiary/aromatic N) is 2. The largest absolute Gasteiger partial charge is 0.257 e. The zero-order valence-corrected chi connectivity index (χ0v) is 15.3. The maximum absolute atomic E-state index is 12.3. The topological polar surface area (TPSA) is 72.0 Å². The summed E-state index contributed by atoms with van der Waals surface area (Å²) in [5, 5.41) is 9.44. The molecule has 0 spiro atoms. The second kappa shape index (κ2) is 7.06.